The van der Waals surface area contributed by atoms with E-state index >= 15 is 0 Å². The van der Waals surface area contributed by atoms with E-state index in [1.54, 1.807) is 0 Å². The lowest BCUT2D eigenvalue weighted by Crippen LogP contribution is -2.50. The van der Waals surface area contributed by atoms with Crippen molar-refractivity contribution in [2.75, 3.05) is 13.1 Å². The van der Waals surface area contributed by atoms with Crippen molar-refractivity contribution in [3.05, 3.63) is 41.7 Å². The first-order chi connectivity index (χ1) is 12.6. The maximum atomic E-state index is 12.9. The molecule has 1 aromatic heterocycles. The zero-order chi connectivity index (χ0) is 18.1. The topological polar surface area (TPSA) is 52.2 Å². The number of nitrogens with one attached hydrogen (secondary N) is 1. The van der Waals surface area contributed by atoms with E-state index < -0.39 is 0 Å². The Morgan fingerprint density at radius 3 is 2.65 bits per heavy atom. The Hall–Kier alpha value is -2.14. The highest BCUT2D eigenvalue weighted by atomic mass is 16.2. The van der Waals surface area contributed by atoms with Gasteiger partial charge in [0.15, 0.2) is 0 Å². The molecule has 2 aliphatic rings. The number of carbonyl (C=O) groups is 1. The fourth-order valence-corrected chi connectivity index (χ4v) is 4.28. The highest BCUT2D eigenvalue weighted by molar-refractivity contribution is 5.78. The molecule has 2 aliphatic heterocycles. The second kappa shape index (κ2) is 7.23. The highest BCUT2D eigenvalue weighted by Gasteiger charge is 2.30. The molecule has 0 bridgehead atoms. The third-order valence-electron chi connectivity index (χ3n) is 5.93. The number of rotatable bonds is 3. The smallest absolute Gasteiger partial charge is 0.237 e. The Kier molecular flexibility index (Phi) is 4.81. The summed E-state index contributed by atoms with van der Waals surface area (Å²) in [5.41, 5.74) is 3.28. The van der Waals surface area contributed by atoms with Crippen LogP contribution in [0.25, 0.3) is 11.4 Å². The first-order valence-electron chi connectivity index (χ1n) is 9.78. The summed E-state index contributed by atoms with van der Waals surface area (Å²) in [4.78, 5) is 25.5. The molecule has 5 nitrogen and oxygen atoms in total. The van der Waals surface area contributed by atoms with Gasteiger partial charge < -0.3 is 9.88 Å². The highest BCUT2D eigenvalue weighted by Crippen LogP contribution is 2.25. The summed E-state index contributed by atoms with van der Waals surface area (Å²) in [5, 5.41) is 0. The van der Waals surface area contributed by atoms with Crippen molar-refractivity contribution < 1.29 is 4.79 Å². The van der Waals surface area contributed by atoms with Crippen LogP contribution in [0, 0.1) is 0 Å². The van der Waals surface area contributed by atoms with Crippen molar-refractivity contribution in [3.8, 4) is 11.4 Å². The number of benzene rings is 1. The van der Waals surface area contributed by atoms with Crippen molar-refractivity contribution in [1.82, 2.24) is 19.8 Å². The molecule has 3 heterocycles. The van der Waals surface area contributed by atoms with Gasteiger partial charge in [0.2, 0.25) is 5.91 Å². The lowest BCUT2D eigenvalue weighted by atomic mass is 9.97. The first kappa shape index (κ1) is 17.3. The lowest BCUT2D eigenvalue weighted by Gasteiger charge is -2.39. The Labute approximate surface area is 155 Å². The maximum Gasteiger partial charge on any atom is 0.237 e. The molecule has 0 radical (unpaired) electrons. The number of amides is 1. The van der Waals surface area contributed by atoms with Gasteiger partial charge in [0.05, 0.1) is 24.5 Å². The SMILES string of the molecule is C[C@@H]1CCC[C@H](C)N1CC(=O)N1CCc2nc(-c3ccccc3)[nH]c2C1. The minimum atomic E-state index is 0.243. The van der Waals surface area contributed by atoms with Gasteiger partial charge in [-0.2, -0.15) is 0 Å². The summed E-state index contributed by atoms with van der Waals surface area (Å²) >= 11 is 0. The molecule has 1 N–H and O–H groups in total. The Morgan fingerprint density at radius 2 is 1.92 bits per heavy atom. The molecule has 1 aromatic carbocycles. The largest absolute Gasteiger partial charge is 0.340 e. The van der Waals surface area contributed by atoms with E-state index in [0.717, 1.165) is 35.7 Å². The van der Waals surface area contributed by atoms with Gasteiger partial charge in [0.1, 0.15) is 5.82 Å². The number of H-pyrrole nitrogens is 1. The van der Waals surface area contributed by atoms with Crippen LogP contribution in [0.4, 0.5) is 0 Å². The molecule has 2 aromatic rings. The van der Waals surface area contributed by atoms with Crippen molar-refractivity contribution in [2.24, 2.45) is 0 Å². The lowest BCUT2D eigenvalue weighted by molar-refractivity contribution is -0.135. The standard InChI is InChI=1S/C21H28N4O/c1-15-7-6-8-16(2)25(15)14-20(26)24-12-11-18-19(13-24)23-21(22-18)17-9-4-3-5-10-17/h3-5,9-10,15-16H,6-8,11-14H2,1-2H3,(H,22,23)/t15-,16+. The maximum absolute atomic E-state index is 12.9. The average Bonchev–Trinajstić information content (AvgIpc) is 3.09. The van der Waals surface area contributed by atoms with Crippen molar-refractivity contribution >= 4 is 5.91 Å². The van der Waals surface area contributed by atoms with Crippen molar-refractivity contribution in [2.45, 2.75) is 58.2 Å². The molecule has 26 heavy (non-hydrogen) atoms. The number of fused-ring (bicyclic) bond motifs is 1. The second-order valence-electron chi connectivity index (χ2n) is 7.74. The number of aromatic nitrogens is 2. The molecule has 0 aliphatic carbocycles. The fraction of sp³-hybridized carbons (Fsp3) is 0.524. The third kappa shape index (κ3) is 3.40. The van der Waals surface area contributed by atoms with Crippen LogP contribution in [0.15, 0.2) is 30.3 Å². The molecule has 0 spiro atoms. The van der Waals surface area contributed by atoms with Crippen LogP contribution in [0.5, 0.6) is 0 Å². The Bertz CT molecular complexity index is 760. The molecule has 2 atom stereocenters. The van der Waals surface area contributed by atoms with Gasteiger partial charge in [0, 0.05) is 30.6 Å². The van der Waals surface area contributed by atoms with Gasteiger partial charge >= 0.3 is 0 Å². The number of nitrogens with zero attached hydrogens (tertiary/aromatic N) is 3. The van der Waals surface area contributed by atoms with Gasteiger partial charge in [-0.05, 0) is 26.7 Å². The van der Waals surface area contributed by atoms with Gasteiger partial charge in [-0.15, -0.1) is 0 Å². The Morgan fingerprint density at radius 1 is 1.19 bits per heavy atom. The number of piperidine rings is 1. The van der Waals surface area contributed by atoms with E-state index in [1.165, 1.54) is 19.3 Å². The van der Waals surface area contributed by atoms with Gasteiger partial charge in [-0.1, -0.05) is 36.8 Å². The summed E-state index contributed by atoms with van der Waals surface area (Å²) in [7, 11) is 0. The number of likely N-dealkylation sites (tertiary alicyclic amines) is 1. The minimum absolute atomic E-state index is 0.243. The van der Waals surface area contributed by atoms with Crippen LogP contribution in [-0.2, 0) is 17.8 Å². The summed E-state index contributed by atoms with van der Waals surface area (Å²) in [6, 6.07) is 11.2. The number of carbonyl (C=O) groups excluding carboxylic acids is 1. The van der Waals surface area contributed by atoms with E-state index in [4.69, 9.17) is 4.98 Å². The zero-order valence-electron chi connectivity index (χ0n) is 15.7. The molecular formula is C21H28N4O. The zero-order valence-corrected chi connectivity index (χ0v) is 15.7. The summed E-state index contributed by atoms with van der Waals surface area (Å²) < 4.78 is 0. The summed E-state index contributed by atoms with van der Waals surface area (Å²) in [5.74, 6) is 1.15. The normalized spacial score (nSPS) is 23.7. The Balaban J connectivity index is 1.45. The molecular weight excluding hydrogens is 324 g/mol. The van der Waals surface area contributed by atoms with Gasteiger partial charge in [-0.25, -0.2) is 4.98 Å². The van der Waals surface area contributed by atoms with E-state index in [-0.39, 0.29) is 5.91 Å². The fourth-order valence-electron chi connectivity index (χ4n) is 4.28. The van der Waals surface area contributed by atoms with E-state index in [0.29, 0.717) is 25.2 Å². The van der Waals surface area contributed by atoms with Crippen LogP contribution in [0.2, 0.25) is 0 Å². The predicted octanol–water partition coefficient (Wildman–Crippen LogP) is 3.22. The van der Waals surface area contributed by atoms with E-state index in [2.05, 4.69) is 35.9 Å². The molecule has 1 saturated heterocycles. The van der Waals surface area contributed by atoms with Gasteiger partial charge in [0.25, 0.3) is 0 Å². The number of hydrogen-bond donors (Lipinski definition) is 1. The summed E-state index contributed by atoms with van der Waals surface area (Å²) in [6.45, 7) is 6.44. The molecule has 0 saturated carbocycles. The van der Waals surface area contributed by atoms with Crippen LogP contribution in [0.1, 0.15) is 44.5 Å². The predicted molar refractivity (Wildman–Crippen MR) is 103 cm³/mol. The first-order valence-corrected chi connectivity index (χ1v) is 9.78. The van der Waals surface area contributed by atoms with E-state index in [1.807, 2.05) is 23.1 Å². The number of imidazole rings is 1. The monoisotopic (exact) mass is 352 g/mol. The van der Waals surface area contributed by atoms with Crippen LogP contribution in [0.3, 0.4) is 0 Å². The van der Waals surface area contributed by atoms with Gasteiger partial charge in [-0.3, -0.25) is 9.69 Å². The van der Waals surface area contributed by atoms with Crippen LogP contribution >= 0.6 is 0 Å². The molecule has 138 valence electrons. The quantitative estimate of drug-likeness (QED) is 0.923. The van der Waals surface area contributed by atoms with E-state index in [9.17, 15) is 4.79 Å². The molecule has 5 heteroatoms. The molecule has 4 rings (SSSR count). The van der Waals surface area contributed by atoms with Crippen LogP contribution in [-0.4, -0.2) is 50.8 Å². The second-order valence-corrected chi connectivity index (χ2v) is 7.74. The van der Waals surface area contributed by atoms with Crippen LogP contribution < -0.4 is 0 Å². The van der Waals surface area contributed by atoms with Crippen molar-refractivity contribution in [1.29, 1.82) is 0 Å². The minimum Gasteiger partial charge on any atom is -0.340 e. The summed E-state index contributed by atoms with van der Waals surface area (Å²) in [6.07, 6.45) is 4.50. The van der Waals surface area contributed by atoms with Crippen molar-refractivity contribution in [3.63, 3.8) is 0 Å². The molecule has 1 fully saturated rings. The average molecular weight is 352 g/mol. The molecule has 1 amide bonds. The third-order valence-corrected chi connectivity index (χ3v) is 5.93. The number of aromatic amines is 1. The number of hydrogen-bond acceptors (Lipinski definition) is 3. The molecule has 0 unspecified atom stereocenters.